The third-order valence-corrected chi connectivity index (χ3v) is 3.95. The largest absolute Gasteiger partial charge is 0.373 e. The van der Waals surface area contributed by atoms with E-state index in [1.165, 1.54) is 24.3 Å². The molecular formula is C18H17FN2O2. The van der Waals surface area contributed by atoms with Gasteiger partial charge in [-0.15, -0.1) is 0 Å². The summed E-state index contributed by atoms with van der Waals surface area (Å²) < 4.78 is 13.0. The summed E-state index contributed by atoms with van der Waals surface area (Å²) in [7, 11) is 0. The highest BCUT2D eigenvalue weighted by Gasteiger charge is 2.39. The second-order valence-corrected chi connectivity index (χ2v) is 5.76. The number of halogens is 1. The van der Waals surface area contributed by atoms with Gasteiger partial charge in [0.1, 0.15) is 11.9 Å². The van der Waals surface area contributed by atoms with Crippen LogP contribution in [0.2, 0.25) is 0 Å². The third-order valence-electron chi connectivity index (χ3n) is 3.95. The first-order valence-electron chi connectivity index (χ1n) is 7.42. The monoisotopic (exact) mass is 312 g/mol. The molecule has 2 aromatic carbocycles. The molecule has 0 aromatic heterocycles. The molecule has 0 spiro atoms. The van der Waals surface area contributed by atoms with Gasteiger partial charge in [0.05, 0.1) is 12.1 Å². The second-order valence-electron chi connectivity index (χ2n) is 5.76. The number of carbonyl (C=O) groups excluding carboxylic acids is 2. The Morgan fingerprint density at radius 3 is 2.48 bits per heavy atom. The van der Waals surface area contributed by atoms with Gasteiger partial charge in [-0.1, -0.05) is 12.1 Å². The zero-order valence-electron chi connectivity index (χ0n) is 13.0. The molecule has 118 valence electrons. The molecule has 0 saturated carbocycles. The van der Waals surface area contributed by atoms with Gasteiger partial charge >= 0.3 is 0 Å². The van der Waals surface area contributed by atoms with E-state index < -0.39 is 11.9 Å². The second kappa shape index (κ2) is 5.83. The smallest absolute Gasteiger partial charge is 0.256 e. The van der Waals surface area contributed by atoms with Gasteiger partial charge < -0.3 is 5.32 Å². The molecule has 1 saturated heterocycles. The number of aryl methyl sites for hydroxylation is 2. The maximum atomic E-state index is 13.0. The van der Waals surface area contributed by atoms with Crippen LogP contribution in [0, 0.1) is 19.7 Å². The molecule has 3 rings (SSSR count). The van der Waals surface area contributed by atoms with Crippen molar-refractivity contribution in [1.29, 1.82) is 0 Å². The first-order chi connectivity index (χ1) is 11.0. The van der Waals surface area contributed by atoms with Gasteiger partial charge in [-0.25, -0.2) is 9.29 Å². The third kappa shape index (κ3) is 2.95. The van der Waals surface area contributed by atoms with Gasteiger partial charge in [0.15, 0.2) is 0 Å². The van der Waals surface area contributed by atoms with E-state index in [0.717, 1.165) is 21.7 Å². The number of rotatable bonds is 3. The van der Waals surface area contributed by atoms with Gasteiger partial charge in [0.25, 0.3) is 5.91 Å². The Labute approximate surface area is 133 Å². The molecule has 0 radical (unpaired) electrons. The van der Waals surface area contributed by atoms with Gasteiger partial charge in [-0.3, -0.25) is 9.59 Å². The van der Waals surface area contributed by atoms with Crippen LogP contribution in [-0.4, -0.2) is 17.9 Å². The van der Waals surface area contributed by atoms with Crippen molar-refractivity contribution >= 4 is 23.2 Å². The predicted molar refractivity (Wildman–Crippen MR) is 86.8 cm³/mol. The number of hydrogen-bond donors (Lipinski definition) is 1. The Hall–Kier alpha value is -2.69. The van der Waals surface area contributed by atoms with Crippen LogP contribution in [0.25, 0.3) is 0 Å². The Balaban J connectivity index is 1.83. The summed E-state index contributed by atoms with van der Waals surface area (Å²) in [5.74, 6) is -1.01. The van der Waals surface area contributed by atoms with E-state index in [2.05, 4.69) is 5.32 Å². The van der Waals surface area contributed by atoms with Crippen LogP contribution in [0.1, 0.15) is 17.5 Å². The summed E-state index contributed by atoms with van der Waals surface area (Å²) in [5, 5.41) is 3.16. The van der Waals surface area contributed by atoms with Crippen LogP contribution < -0.4 is 10.2 Å². The fourth-order valence-corrected chi connectivity index (χ4v) is 2.69. The minimum atomic E-state index is -0.604. The van der Waals surface area contributed by atoms with Crippen molar-refractivity contribution in [2.24, 2.45) is 0 Å². The zero-order chi connectivity index (χ0) is 16.6. The fraction of sp³-hybridized carbons (Fsp3) is 0.222. The van der Waals surface area contributed by atoms with Crippen molar-refractivity contribution in [2.75, 3.05) is 10.2 Å². The molecule has 4 nitrogen and oxygen atoms in total. The number of hydrogen-bond acceptors (Lipinski definition) is 3. The maximum Gasteiger partial charge on any atom is 0.256 e. The minimum absolute atomic E-state index is 0.0869. The van der Waals surface area contributed by atoms with Gasteiger partial charge in [0.2, 0.25) is 5.91 Å². The average Bonchev–Trinajstić information content (AvgIpc) is 2.79. The summed E-state index contributed by atoms with van der Waals surface area (Å²) >= 11 is 0. The van der Waals surface area contributed by atoms with Gasteiger partial charge in [-0.2, -0.15) is 0 Å². The zero-order valence-corrected chi connectivity index (χ0v) is 13.0. The summed E-state index contributed by atoms with van der Waals surface area (Å²) in [6.07, 6.45) is 0.0869. The highest BCUT2D eigenvalue weighted by Crippen LogP contribution is 2.26. The van der Waals surface area contributed by atoms with Crippen LogP contribution in [0.3, 0.4) is 0 Å². The van der Waals surface area contributed by atoms with Crippen LogP contribution in [0.5, 0.6) is 0 Å². The topological polar surface area (TPSA) is 49.4 Å². The lowest BCUT2D eigenvalue weighted by molar-refractivity contribution is -0.121. The summed E-state index contributed by atoms with van der Waals surface area (Å²) in [5.41, 5.74) is 3.32. The minimum Gasteiger partial charge on any atom is -0.373 e. The predicted octanol–water partition coefficient (Wildman–Crippen LogP) is 3.19. The average molecular weight is 312 g/mol. The first kappa shape index (κ1) is 15.2. The van der Waals surface area contributed by atoms with Gasteiger partial charge in [-0.05, 0) is 55.3 Å². The number of benzene rings is 2. The van der Waals surface area contributed by atoms with E-state index in [1.807, 2.05) is 32.0 Å². The molecule has 1 fully saturated rings. The number of nitrogens with one attached hydrogen (secondary N) is 1. The maximum absolute atomic E-state index is 13.0. The van der Waals surface area contributed by atoms with Crippen LogP contribution in [0.4, 0.5) is 15.8 Å². The fourth-order valence-electron chi connectivity index (χ4n) is 2.69. The Morgan fingerprint density at radius 2 is 1.78 bits per heavy atom. The Bertz CT molecular complexity index is 771. The molecule has 5 heteroatoms. The molecule has 1 aliphatic heterocycles. The number of imide groups is 1. The number of nitrogens with zero attached hydrogens (tertiary/aromatic N) is 1. The highest BCUT2D eigenvalue weighted by molar-refractivity contribution is 6.23. The molecule has 23 heavy (non-hydrogen) atoms. The molecule has 0 unspecified atom stereocenters. The lowest BCUT2D eigenvalue weighted by atomic mass is 10.1. The van der Waals surface area contributed by atoms with Crippen LogP contribution >= 0.6 is 0 Å². The SMILES string of the molecule is Cc1ccc(C)c(N[C@H]2CC(=O)N(c3ccc(F)cc3)C2=O)c1. The normalized spacial score (nSPS) is 17.7. The van der Waals surface area contributed by atoms with E-state index in [0.29, 0.717) is 5.69 Å². The summed E-state index contributed by atoms with van der Waals surface area (Å²) in [6.45, 7) is 3.91. The van der Waals surface area contributed by atoms with Crippen LogP contribution in [-0.2, 0) is 9.59 Å². The quantitative estimate of drug-likeness (QED) is 0.886. The standard InChI is InChI=1S/C18H17FN2O2/c1-11-3-4-12(2)15(9-11)20-16-10-17(22)21(18(16)23)14-7-5-13(19)6-8-14/h3-9,16,20H,10H2,1-2H3/t16-/m0/s1. The first-order valence-corrected chi connectivity index (χ1v) is 7.42. The molecule has 2 amide bonds. The van der Waals surface area contributed by atoms with E-state index >= 15 is 0 Å². The number of carbonyl (C=O) groups is 2. The Morgan fingerprint density at radius 1 is 1.09 bits per heavy atom. The molecule has 1 heterocycles. The van der Waals surface area contributed by atoms with E-state index in [4.69, 9.17) is 0 Å². The van der Waals surface area contributed by atoms with Crippen LogP contribution in [0.15, 0.2) is 42.5 Å². The lowest BCUT2D eigenvalue weighted by Crippen LogP contribution is -2.34. The highest BCUT2D eigenvalue weighted by atomic mass is 19.1. The Kier molecular flexibility index (Phi) is 3.86. The van der Waals surface area contributed by atoms with Crippen molar-refractivity contribution in [3.63, 3.8) is 0 Å². The molecule has 1 N–H and O–H groups in total. The van der Waals surface area contributed by atoms with Crippen molar-refractivity contribution in [3.8, 4) is 0 Å². The van der Waals surface area contributed by atoms with Gasteiger partial charge in [0, 0.05) is 5.69 Å². The van der Waals surface area contributed by atoms with Crippen molar-refractivity contribution in [1.82, 2.24) is 0 Å². The summed E-state index contributed by atoms with van der Waals surface area (Å²) in [4.78, 5) is 25.9. The molecular weight excluding hydrogens is 295 g/mol. The summed E-state index contributed by atoms with van der Waals surface area (Å²) in [6, 6.07) is 10.7. The molecule has 2 aromatic rings. The van der Waals surface area contributed by atoms with Crippen molar-refractivity contribution in [2.45, 2.75) is 26.3 Å². The van der Waals surface area contributed by atoms with E-state index in [9.17, 15) is 14.0 Å². The van der Waals surface area contributed by atoms with E-state index in [-0.39, 0.29) is 18.2 Å². The van der Waals surface area contributed by atoms with Crippen molar-refractivity contribution < 1.29 is 14.0 Å². The number of anilines is 2. The molecule has 1 aliphatic rings. The van der Waals surface area contributed by atoms with E-state index in [1.54, 1.807) is 0 Å². The molecule has 0 aliphatic carbocycles. The molecule has 0 bridgehead atoms. The lowest BCUT2D eigenvalue weighted by Gasteiger charge is -2.17. The van der Waals surface area contributed by atoms with Crippen molar-refractivity contribution in [3.05, 3.63) is 59.4 Å². The number of amides is 2. The molecule has 1 atom stereocenters.